The molecule has 1 aromatic carbocycles. The highest BCUT2D eigenvalue weighted by atomic mass is 16.7. The monoisotopic (exact) mass is 370 g/mol. The van der Waals surface area contributed by atoms with E-state index in [1.165, 1.54) is 0 Å². The zero-order valence-corrected chi connectivity index (χ0v) is 15.3. The predicted octanol–water partition coefficient (Wildman–Crippen LogP) is 1.57. The molecule has 1 fully saturated rings. The van der Waals surface area contributed by atoms with E-state index in [1.54, 1.807) is 12.4 Å². The summed E-state index contributed by atoms with van der Waals surface area (Å²) in [4.78, 5) is 24.5. The first-order chi connectivity index (χ1) is 13.0. The lowest BCUT2D eigenvalue weighted by Crippen LogP contribution is -2.23. The second kappa shape index (κ2) is 7.03. The van der Waals surface area contributed by atoms with E-state index in [1.807, 2.05) is 37.2 Å². The van der Waals surface area contributed by atoms with E-state index < -0.39 is 11.9 Å². The van der Waals surface area contributed by atoms with Crippen molar-refractivity contribution in [2.45, 2.75) is 12.5 Å². The van der Waals surface area contributed by atoms with Crippen molar-refractivity contribution in [1.82, 2.24) is 14.9 Å². The summed E-state index contributed by atoms with van der Waals surface area (Å²) in [5, 5.41) is 9.71. The average molecular weight is 370 g/mol. The maximum absolute atomic E-state index is 11.8. The topological polar surface area (TPSA) is 88.0 Å². The van der Waals surface area contributed by atoms with Crippen molar-refractivity contribution in [3.05, 3.63) is 41.7 Å². The lowest BCUT2D eigenvalue weighted by atomic mass is 9.89. The number of hydrogen-bond acceptors (Lipinski definition) is 7. The number of ether oxygens (including phenoxy) is 2. The van der Waals surface area contributed by atoms with Gasteiger partial charge in [0.1, 0.15) is 0 Å². The predicted molar refractivity (Wildman–Crippen MR) is 98.1 cm³/mol. The van der Waals surface area contributed by atoms with E-state index in [4.69, 9.17) is 9.47 Å². The number of hydrogen-bond donors (Lipinski definition) is 1. The van der Waals surface area contributed by atoms with E-state index in [0.29, 0.717) is 37.1 Å². The number of aromatic nitrogens is 2. The molecule has 1 N–H and O–H groups in total. The smallest absolute Gasteiger partial charge is 0.308 e. The van der Waals surface area contributed by atoms with E-state index in [2.05, 4.69) is 14.9 Å². The van der Waals surface area contributed by atoms with Crippen molar-refractivity contribution in [2.75, 3.05) is 38.9 Å². The zero-order valence-electron chi connectivity index (χ0n) is 15.3. The molecule has 2 aliphatic rings. The number of carbonyl (C=O) groups is 1. The number of nitrogens with zero attached hydrogens (tertiary/aromatic N) is 4. The standard InChI is InChI=1S/C19H22N4O4/c1-22(2)19-20-6-12(7-21-19)8-23-9-14(15(10-23)18(24)25)13-3-4-16-17(5-13)27-11-26-16/h3-7,14-15H,8-11H2,1-2H3,(H,24,25)/t14-,15+/m0/s1. The van der Waals surface area contributed by atoms with Crippen LogP contribution in [-0.4, -0.2) is 59.9 Å². The minimum atomic E-state index is -0.778. The minimum absolute atomic E-state index is 0.0982. The maximum atomic E-state index is 11.8. The Balaban J connectivity index is 1.51. The van der Waals surface area contributed by atoms with Crippen LogP contribution >= 0.6 is 0 Å². The Labute approximate surface area is 157 Å². The molecule has 0 aliphatic carbocycles. The molecule has 2 aromatic rings. The number of likely N-dealkylation sites (tertiary alicyclic amines) is 1. The van der Waals surface area contributed by atoms with Gasteiger partial charge in [-0.05, 0) is 17.7 Å². The number of aliphatic carboxylic acids is 1. The molecule has 142 valence electrons. The fraction of sp³-hybridized carbons (Fsp3) is 0.421. The molecule has 0 unspecified atom stereocenters. The van der Waals surface area contributed by atoms with E-state index >= 15 is 0 Å². The Bertz CT molecular complexity index is 840. The summed E-state index contributed by atoms with van der Waals surface area (Å²) in [6, 6.07) is 5.70. The zero-order chi connectivity index (χ0) is 19.0. The third kappa shape index (κ3) is 3.52. The summed E-state index contributed by atoms with van der Waals surface area (Å²) in [6.45, 7) is 1.98. The first-order valence-electron chi connectivity index (χ1n) is 8.84. The van der Waals surface area contributed by atoms with Crippen molar-refractivity contribution in [2.24, 2.45) is 5.92 Å². The van der Waals surface area contributed by atoms with Crippen molar-refractivity contribution in [3.8, 4) is 11.5 Å². The number of rotatable bonds is 5. The molecule has 27 heavy (non-hydrogen) atoms. The van der Waals surface area contributed by atoms with E-state index in [0.717, 1.165) is 11.1 Å². The second-order valence-corrected chi connectivity index (χ2v) is 7.14. The number of carboxylic acids is 1. The van der Waals surface area contributed by atoms with Crippen LogP contribution in [0.25, 0.3) is 0 Å². The molecule has 0 bridgehead atoms. The molecular weight excluding hydrogens is 348 g/mol. The van der Waals surface area contributed by atoms with Gasteiger partial charge in [-0.25, -0.2) is 9.97 Å². The molecule has 0 amide bonds. The van der Waals surface area contributed by atoms with Gasteiger partial charge in [-0.2, -0.15) is 0 Å². The number of carboxylic acid groups (broad SMARTS) is 1. The van der Waals surface area contributed by atoms with Gasteiger partial charge >= 0.3 is 5.97 Å². The lowest BCUT2D eigenvalue weighted by molar-refractivity contribution is -0.141. The molecule has 4 rings (SSSR count). The van der Waals surface area contributed by atoms with Crippen molar-refractivity contribution < 1.29 is 19.4 Å². The van der Waals surface area contributed by atoms with Crippen LogP contribution in [0.15, 0.2) is 30.6 Å². The van der Waals surface area contributed by atoms with E-state index in [9.17, 15) is 9.90 Å². The van der Waals surface area contributed by atoms with Crippen molar-refractivity contribution in [1.29, 1.82) is 0 Å². The highest BCUT2D eigenvalue weighted by Gasteiger charge is 2.39. The SMILES string of the molecule is CN(C)c1ncc(CN2C[C@@H](C(=O)O)[C@H](c3ccc4c(c3)OCO4)C2)cn1. The Morgan fingerprint density at radius 1 is 1.22 bits per heavy atom. The minimum Gasteiger partial charge on any atom is -0.481 e. The van der Waals surface area contributed by atoms with Gasteiger partial charge in [0.25, 0.3) is 0 Å². The molecule has 2 aliphatic heterocycles. The summed E-state index contributed by atoms with van der Waals surface area (Å²) >= 11 is 0. The van der Waals surface area contributed by atoms with Gasteiger partial charge in [0, 0.05) is 57.6 Å². The molecule has 1 saturated heterocycles. The summed E-state index contributed by atoms with van der Waals surface area (Å²) in [7, 11) is 3.78. The quantitative estimate of drug-likeness (QED) is 0.849. The average Bonchev–Trinajstić information content (AvgIpc) is 3.28. The molecule has 1 aromatic heterocycles. The van der Waals surface area contributed by atoms with Gasteiger partial charge in [-0.3, -0.25) is 9.69 Å². The van der Waals surface area contributed by atoms with Crippen LogP contribution in [0.5, 0.6) is 11.5 Å². The summed E-state index contributed by atoms with van der Waals surface area (Å²) in [6.07, 6.45) is 3.60. The Hall–Kier alpha value is -2.87. The molecule has 3 heterocycles. The van der Waals surface area contributed by atoms with E-state index in [-0.39, 0.29) is 12.7 Å². The van der Waals surface area contributed by atoms with Gasteiger partial charge in [0.05, 0.1) is 5.92 Å². The van der Waals surface area contributed by atoms with Crippen LogP contribution in [0.4, 0.5) is 5.95 Å². The first kappa shape index (κ1) is 17.5. The summed E-state index contributed by atoms with van der Waals surface area (Å²) in [5.74, 6) is 0.703. The normalized spacial score (nSPS) is 21.4. The van der Waals surface area contributed by atoms with Gasteiger partial charge in [-0.1, -0.05) is 6.07 Å². The largest absolute Gasteiger partial charge is 0.481 e. The Morgan fingerprint density at radius 3 is 2.67 bits per heavy atom. The molecule has 0 radical (unpaired) electrons. The number of anilines is 1. The molecule has 8 heteroatoms. The van der Waals surface area contributed by atoms with Gasteiger partial charge in [0.2, 0.25) is 12.7 Å². The van der Waals surface area contributed by atoms with Crippen molar-refractivity contribution in [3.63, 3.8) is 0 Å². The van der Waals surface area contributed by atoms with Crippen LogP contribution in [0.1, 0.15) is 17.0 Å². The van der Waals surface area contributed by atoms with Crippen LogP contribution in [0.3, 0.4) is 0 Å². The molecule has 2 atom stereocenters. The third-order valence-corrected chi connectivity index (χ3v) is 5.04. The van der Waals surface area contributed by atoms with Gasteiger partial charge in [0.15, 0.2) is 11.5 Å². The highest BCUT2D eigenvalue weighted by molar-refractivity contribution is 5.72. The fourth-order valence-electron chi connectivity index (χ4n) is 3.66. The molecule has 0 saturated carbocycles. The van der Waals surface area contributed by atoms with Crippen molar-refractivity contribution >= 4 is 11.9 Å². The van der Waals surface area contributed by atoms with Gasteiger partial charge in [-0.15, -0.1) is 0 Å². The summed E-state index contributed by atoms with van der Waals surface area (Å²) < 4.78 is 10.8. The molecule has 0 spiro atoms. The third-order valence-electron chi connectivity index (χ3n) is 5.04. The second-order valence-electron chi connectivity index (χ2n) is 7.14. The van der Waals surface area contributed by atoms with Gasteiger partial charge < -0.3 is 19.5 Å². The van der Waals surface area contributed by atoms with Crippen LogP contribution in [-0.2, 0) is 11.3 Å². The molecule has 8 nitrogen and oxygen atoms in total. The van der Waals surface area contributed by atoms with Crippen LogP contribution in [0.2, 0.25) is 0 Å². The number of benzene rings is 1. The highest BCUT2D eigenvalue weighted by Crippen LogP contribution is 2.39. The Kier molecular flexibility index (Phi) is 4.57. The fourth-order valence-corrected chi connectivity index (χ4v) is 3.66. The van der Waals surface area contributed by atoms with Crippen LogP contribution in [0, 0.1) is 5.92 Å². The Morgan fingerprint density at radius 2 is 1.96 bits per heavy atom. The maximum Gasteiger partial charge on any atom is 0.308 e. The molecular formula is C19H22N4O4. The lowest BCUT2D eigenvalue weighted by Gasteiger charge is -2.17. The summed E-state index contributed by atoms with van der Waals surface area (Å²) in [5.41, 5.74) is 1.93. The number of fused-ring (bicyclic) bond motifs is 1. The first-order valence-corrected chi connectivity index (χ1v) is 8.84. The van der Waals surface area contributed by atoms with Crippen LogP contribution < -0.4 is 14.4 Å².